The number of benzene rings is 3. The van der Waals surface area contributed by atoms with Gasteiger partial charge in [-0.2, -0.15) is 5.10 Å². The predicted molar refractivity (Wildman–Crippen MR) is 139 cm³/mol. The standard InChI is InChI=1S/C25H25N5O7/c1-4-36-24-12-18(14-26-28-21-9-8-20(29(32)33)13-22(21)30(34)35)6-10-23(24)37-15-25(31)27-19-7-5-16(2)17(3)11-19/h5-14,28H,4,15H2,1-3H3,(H,27,31)/b26-14+. The van der Waals surface area contributed by atoms with Gasteiger partial charge in [0, 0.05) is 11.8 Å². The maximum atomic E-state index is 12.3. The maximum Gasteiger partial charge on any atom is 0.301 e. The number of hydrazone groups is 1. The number of carbonyl (C=O) groups is 1. The summed E-state index contributed by atoms with van der Waals surface area (Å²) >= 11 is 0. The fraction of sp³-hybridized carbons (Fsp3) is 0.200. The Morgan fingerprint density at radius 2 is 1.73 bits per heavy atom. The van der Waals surface area contributed by atoms with Crippen molar-refractivity contribution >= 4 is 34.9 Å². The lowest BCUT2D eigenvalue weighted by molar-refractivity contribution is -0.393. The van der Waals surface area contributed by atoms with Crippen LogP contribution in [-0.4, -0.2) is 35.2 Å². The average Bonchev–Trinajstić information content (AvgIpc) is 2.86. The zero-order valence-corrected chi connectivity index (χ0v) is 20.4. The van der Waals surface area contributed by atoms with Crippen LogP contribution in [0.1, 0.15) is 23.6 Å². The summed E-state index contributed by atoms with van der Waals surface area (Å²) in [6.45, 7) is 5.86. The zero-order chi connectivity index (χ0) is 26.9. The van der Waals surface area contributed by atoms with Crippen molar-refractivity contribution in [1.82, 2.24) is 0 Å². The minimum absolute atomic E-state index is 0.00776. The smallest absolute Gasteiger partial charge is 0.301 e. The number of amides is 1. The number of aryl methyl sites for hydroxylation is 2. The third-order valence-corrected chi connectivity index (χ3v) is 5.20. The second kappa shape index (κ2) is 12.1. The summed E-state index contributed by atoms with van der Waals surface area (Å²) in [5, 5.41) is 28.9. The first-order chi connectivity index (χ1) is 17.7. The number of nitro benzene ring substituents is 2. The number of rotatable bonds is 11. The minimum atomic E-state index is -0.736. The predicted octanol–water partition coefficient (Wildman–Crippen LogP) is 4.98. The zero-order valence-electron chi connectivity index (χ0n) is 20.4. The lowest BCUT2D eigenvalue weighted by atomic mass is 10.1. The summed E-state index contributed by atoms with van der Waals surface area (Å²) in [5.74, 6) is 0.408. The number of non-ortho nitro benzene ring substituents is 1. The van der Waals surface area contributed by atoms with E-state index in [9.17, 15) is 25.0 Å². The first-order valence-corrected chi connectivity index (χ1v) is 11.2. The highest BCUT2D eigenvalue weighted by atomic mass is 16.6. The van der Waals surface area contributed by atoms with Gasteiger partial charge in [-0.15, -0.1) is 0 Å². The number of hydrogen-bond donors (Lipinski definition) is 2. The van der Waals surface area contributed by atoms with E-state index in [1.165, 1.54) is 12.3 Å². The van der Waals surface area contributed by atoms with Gasteiger partial charge in [0.05, 0.1) is 28.7 Å². The van der Waals surface area contributed by atoms with Gasteiger partial charge in [-0.3, -0.25) is 30.4 Å². The van der Waals surface area contributed by atoms with Crippen molar-refractivity contribution in [2.45, 2.75) is 20.8 Å². The van der Waals surface area contributed by atoms with Crippen molar-refractivity contribution in [3.63, 3.8) is 0 Å². The molecule has 0 bridgehead atoms. The maximum absolute atomic E-state index is 12.3. The Labute approximate surface area is 212 Å². The SMILES string of the molecule is CCOc1cc(/C=N/Nc2ccc([N+](=O)[O-])cc2[N+](=O)[O-])ccc1OCC(=O)Nc1ccc(C)c(C)c1. The van der Waals surface area contributed by atoms with Crippen LogP contribution in [0.15, 0.2) is 59.7 Å². The summed E-state index contributed by atoms with van der Waals surface area (Å²) in [6, 6.07) is 13.7. The molecule has 0 aromatic heterocycles. The van der Waals surface area contributed by atoms with Gasteiger partial charge in [-0.05, 0) is 73.9 Å². The molecule has 0 fully saturated rings. The van der Waals surface area contributed by atoms with Crippen LogP contribution in [0.3, 0.4) is 0 Å². The molecule has 3 rings (SSSR count). The van der Waals surface area contributed by atoms with Gasteiger partial charge in [0.1, 0.15) is 5.69 Å². The number of nitrogens with one attached hydrogen (secondary N) is 2. The summed E-state index contributed by atoms with van der Waals surface area (Å²) in [6.07, 6.45) is 1.39. The van der Waals surface area contributed by atoms with Crippen LogP contribution in [0.25, 0.3) is 0 Å². The first-order valence-electron chi connectivity index (χ1n) is 11.2. The van der Waals surface area contributed by atoms with E-state index in [0.717, 1.165) is 23.3 Å². The highest BCUT2D eigenvalue weighted by molar-refractivity contribution is 5.92. The van der Waals surface area contributed by atoms with Crippen molar-refractivity contribution in [1.29, 1.82) is 0 Å². The molecule has 12 nitrogen and oxygen atoms in total. The van der Waals surface area contributed by atoms with E-state index in [0.29, 0.717) is 29.4 Å². The van der Waals surface area contributed by atoms with Crippen LogP contribution in [0.5, 0.6) is 11.5 Å². The van der Waals surface area contributed by atoms with E-state index < -0.39 is 21.2 Å². The van der Waals surface area contributed by atoms with Crippen LogP contribution in [-0.2, 0) is 4.79 Å². The molecule has 0 aliphatic heterocycles. The largest absolute Gasteiger partial charge is 0.490 e. The molecule has 0 spiro atoms. The molecule has 0 unspecified atom stereocenters. The average molecular weight is 508 g/mol. The van der Waals surface area contributed by atoms with Gasteiger partial charge >= 0.3 is 5.69 Å². The van der Waals surface area contributed by atoms with Crippen LogP contribution >= 0.6 is 0 Å². The quantitative estimate of drug-likeness (QED) is 0.209. The van der Waals surface area contributed by atoms with E-state index in [1.807, 2.05) is 32.0 Å². The molecular formula is C25H25N5O7. The van der Waals surface area contributed by atoms with E-state index in [4.69, 9.17) is 9.47 Å². The summed E-state index contributed by atoms with van der Waals surface area (Å²) in [7, 11) is 0. The summed E-state index contributed by atoms with van der Waals surface area (Å²) < 4.78 is 11.3. The Morgan fingerprint density at radius 1 is 0.946 bits per heavy atom. The van der Waals surface area contributed by atoms with Crippen molar-refractivity contribution in [2.75, 3.05) is 24.0 Å². The molecule has 2 N–H and O–H groups in total. The number of hydrogen-bond acceptors (Lipinski definition) is 9. The van der Waals surface area contributed by atoms with Crippen molar-refractivity contribution < 1.29 is 24.1 Å². The molecule has 0 saturated carbocycles. The molecule has 37 heavy (non-hydrogen) atoms. The van der Waals surface area contributed by atoms with Gasteiger partial charge in [-0.25, -0.2) is 0 Å². The van der Waals surface area contributed by atoms with Crippen molar-refractivity contribution in [3.05, 3.63) is 91.5 Å². The van der Waals surface area contributed by atoms with Crippen molar-refractivity contribution in [3.8, 4) is 11.5 Å². The van der Waals surface area contributed by atoms with E-state index in [2.05, 4.69) is 15.8 Å². The Bertz CT molecular complexity index is 1360. The van der Waals surface area contributed by atoms with Gasteiger partial charge in [0.2, 0.25) is 0 Å². The molecule has 0 aliphatic rings. The van der Waals surface area contributed by atoms with E-state index in [1.54, 1.807) is 25.1 Å². The molecule has 3 aromatic carbocycles. The molecule has 0 aliphatic carbocycles. The number of carbonyl (C=O) groups excluding carboxylic acids is 1. The minimum Gasteiger partial charge on any atom is -0.490 e. The highest BCUT2D eigenvalue weighted by Crippen LogP contribution is 2.30. The lowest BCUT2D eigenvalue weighted by Crippen LogP contribution is -2.20. The third kappa shape index (κ3) is 7.24. The Kier molecular flexibility index (Phi) is 8.71. The Balaban J connectivity index is 1.67. The van der Waals surface area contributed by atoms with Gasteiger partial charge < -0.3 is 14.8 Å². The molecule has 3 aromatic rings. The van der Waals surface area contributed by atoms with Crippen LogP contribution in [0, 0.1) is 34.1 Å². The molecule has 0 atom stereocenters. The molecule has 0 radical (unpaired) electrons. The second-order valence-electron chi connectivity index (χ2n) is 7.86. The lowest BCUT2D eigenvalue weighted by Gasteiger charge is -2.13. The molecule has 0 saturated heterocycles. The molecule has 12 heteroatoms. The molecule has 0 heterocycles. The number of ether oxygens (including phenoxy) is 2. The molecular weight excluding hydrogens is 482 g/mol. The van der Waals surface area contributed by atoms with Gasteiger partial charge in [0.25, 0.3) is 11.6 Å². The second-order valence-corrected chi connectivity index (χ2v) is 7.86. The van der Waals surface area contributed by atoms with Gasteiger partial charge in [-0.1, -0.05) is 6.07 Å². The fourth-order valence-electron chi connectivity index (χ4n) is 3.21. The number of anilines is 2. The fourth-order valence-corrected chi connectivity index (χ4v) is 3.21. The van der Waals surface area contributed by atoms with Gasteiger partial charge in [0.15, 0.2) is 18.1 Å². The van der Waals surface area contributed by atoms with E-state index >= 15 is 0 Å². The van der Waals surface area contributed by atoms with Crippen LogP contribution < -0.4 is 20.2 Å². The van der Waals surface area contributed by atoms with Crippen LogP contribution in [0.2, 0.25) is 0 Å². The molecule has 192 valence electrons. The van der Waals surface area contributed by atoms with E-state index in [-0.39, 0.29) is 18.2 Å². The van der Waals surface area contributed by atoms with Crippen molar-refractivity contribution in [2.24, 2.45) is 5.10 Å². The number of nitrogens with zero attached hydrogens (tertiary/aromatic N) is 3. The topological polar surface area (TPSA) is 158 Å². The normalized spacial score (nSPS) is 10.7. The monoisotopic (exact) mass is 507 g/mol. The highest BCUT2D eigenvalue weighted by Gasteiger charge is 2.19. The summed E-state index contributed by atoms with van der Waals surface area (Å²) in [4.78, 5) is 33.0. The van der Waals surface area contributed by atoms with Crippen LogP contribution in [0.4, 0.5) is 22.7 Å². The summed E-state index contributed by atoms with van der Waals surface area (Å²) in [5.41, 5.74) is 5.07. The first kappa shape index (κ1) is 26.6. The Morgan fingerprint density at radius 3 is 2.41 bits per heavy atom. The number of nitro groups is 2. The Hall–Kier alpha value is -5.00. The molecule has 1 amide bonds. The third-order valence-electron chi connectivity index (χ3n) is 5.20.